The van der Waals surface area contributed by atoms with Gasteiger partial charge in [0, 0.05) is 24.2 Å². The molecule has 1 aliphatic heterocycles. The lowest BCUT2D eigenvalue weighted by Crippen LogP contribution is -3.27. The summed E-state index contributed by atoms with van der Waals surface area (Å²) in [6.07, 6.45) is 5.71. The second kappa shape index (κ2) is 6.59. The van der Waals surface area contributed by atoms with Crippen LogP contribution in [-0.2, 0) is 13.1 Å². The maximum absolute atomic E-state index is 4.42. The van der Waals surface area contributed by atoms with E-state index in [4.69, 9.17) is 0 Å². The Balaban J connectivity index is 1.47. The van der Waals surface area contributed by atoms with Gasteiger partial charge in [0.1, 0.15) is 39.3 Å². The molecule has 0 unspecified atom stereocenters. The van der Waals surface area contributed by atoms with E-state index in [-0.39, 0.29) is 0 Å². The van der Waals surface area contributed by atoms with Crippen molar-refractivity contribution >= 4 is 0 Å². The zero-order valence-corrected chi connectivity index (χ0v) is 11.8. The summed E-state index contributed by atoms with van der Waals surface area (Å²) in [6, 6.07) is 10.4. The number of nitrogens with zero attached hydrogens (tertiary/aromatic N) is 2. The molecule has 2 aromatic heterocycles. The van der Waals surface area contributed by atoms with Crippen LogP contribution in [0.5, 0.6) is 0 Å². The number of pyridine rings is 2. The van der Waals surface area contributed by atoms with Gasteiger partial charge in [-0.3, -0.25) is 9.97 Å². The van der Waals surface area contributed by atoms with Gasteiger partial charge >= 0.3 is 0 Å². The third kappa shape index (κ3) is 3.62. The van der Waals surface area contributed by atoms with E-state index in [1.807, 2.05) is 30.7 Å². The fourth-order valence-corrected chi connectivity index (χ4v) is 2.86. The molecule has 104 valence electrons. The van der Waals surface area contributed by atoms with Crippen LogP contribution in [0.4, 0.5) is 0 Å². The fourth-order valence-electron chi connectivity index (χ4n) is 2.86. The first-order valence-electron chi connectivity index (χ1n) is 7.36. The zero-order chi connectivity index (χ0) is 13.6. The highest BCUT2D eigenvalue weighted by molar-refractivity contribution is 5.06. The summed E-state index contributed by atoms with van der Waals surface area (Å²) in [4.78, 5) is 11.9. The summed E-state index contributed by atoms with van der Waals surface area (Å²) >= 11 is 0. The molecule has 0 radical (unpaired) electrons. The first kappa shape index (κ1) is 13.2. The van der Waals surface area contributed by atoms with E-state index >= 15 is 0 Å². The second-order valence-electron chi connectivity index (χ2n) is 5.54. The standard InChI is InChI=1S/C16H20N4/c1-2-7-18-16(5-1)14-20-10-8-19(9-11-20)13-15-4-3-6-17-12-15/h1-7,12H,8-11,13-14H2/p+2. The summed E-state index contributed by atoms with van der Waals surface area (Å²) in [6.45, 7) is 7.08. The molecule has 4 heteroatoms. The van der Waals surface area contributed by atoms with Crippen LogP contribution in [0.15, 0.2) is 48.9 Å². The molecule has 0 aromatic carbocycles. The normalized spacial score (nSPS) is 22.6. The Morgan fingerprint density at radius 1 is 0.850 bits per heavy atom. The number of nitrogens with one attached hydrogen (secondary N) is 2. The molecule has 0 spiro atoms. The van der Waals surface area contributed by atoms with E-state index in [0.717, 1.165) is 13.1 Å². The van der Waals surface area contributed by atoms with Crippen LogP contribution >= 0.6 is 0 Å². The Hall–Kier alpha value is -1.78. The molecule has 2 aromatic rings. The third-order valence-electron chi connectivity index (χ3n) is 4.00. The van der Waals surface area contributed by atoms with Crippen molar-refractivity contribution in [2.45, 2.75) is 13.1 Å². The van der Waals surface area contributed by atoms with Crippen LogP contribution in [0.25, 0.3) is 0 Å². The Bertz CT molecular complexity index is 457. The van der Waals surface area contributed by atoms with Crippen molar-refractivity contribution in [1.82, 2.24) is 9.97 Å². The van der Waals surface area contributed by atoms with Crippen LogP contribution in [0.1, 0.15) is 11.3 Å². The molecular weight excluding hydrogens is 248 g/mol. The van der Waals surface area contributed by atoms with Gasteiger partial charge in [-0.25, -0.2) is 0 Å². The highest BCUT2D eigenvalue weighted by Gasteiger charge is 2.23. The molecule has 0 amide bonds. The largest absolute Gasteiger partial charge is 0.322 e. The van der Waals surface area contributed by atoms with Crippen LogP contribution in [0.3, 0.4) is 0 Å². The summed E-state index contributed by atoms with van der Waals surface area (Å²) in [5.74, 6) is 0. The molecule has 0 atom stereocenters. The molecular formula is C16H22N4+2. The topological polar surface area (TPSA) is 34.7 Å². The molecule has 0 saturated carbocycles. The van der Waals surface area contributed by atoms with Crippen LogP contribution in [0, 0.1) is 0 Å². The van der Waals surface area contributed by atoms with Crippen molar-refractivity contribution in [1.29, 1.82) is 0 Å². The Labute approximate surface area is 120 Å². The average Bonchev–Trinajstić information content (AvgIpc) is 2.51. The summed E-state index contributed by atoms with van der Waals surface area (Å²) < 4.78 is 0. The summed E-state index contributed by atoms with van der Waals surface area (Å²) in [5, 5.41) is 0. The van der Waals surface area contributed by atoms with Gasteiger partial charge in [0.2, 0.25) is 0 Å². The first-order valence-corrected chi connectivity index (χ1v) is 7.36. The number of rotatable bonds is 4. The number of hydrogen-bond acceptors (Lipinski definition) is 2. The molecule has 1 fully saturated rings. The van der Waals surface area contributed by atoms with Gasteiger partial charge in [-0.1, -0.05) is 12.1 Å². The maximum Gasteiger partial charge on any atom is 0.127 e. The van der Waals surface area contributed by atoms with Crippen LogP contribution < -0.4 is 9.80 Å². The predicted molar refractivity (Wildman–Crippen MR) is 77.3 cm³/mol. The fraction of sp³-hybridized carbons (Fsp3) is 0.375. The predicted octanol–water partition coefficient (Wildman–Crippen LogP) is -1.04. The van der Waals surface area contributed by atoms with E-state index in [0.29, 0.717) is 0 Å². The van der Waals surface area contributed by atoms with E-state index in [1.54, 1.807) is 9.80 Å². The number of piperazine rings is 1. The van der Waals surface area contributed by atoms with Gasteiger partial charge in [0.05, 0.1) is 5.69 Å². The minimum Gasteiger partial charge on any atom is -0.322 e. The maximum atomic E-state index is 4.42. The summed E-state index contributed by atoms with van der Waals surface area (Å²) in [7, 11) is 0. The van der Waals surface area contributed by atoms with Crippen molar-refractivity contribution in [3.63, 3.8) is 0 Å². The van der Waals surface area contributed by atoms with Gasteiger partial charge in [0.15, 0.2) is 0 Å². The lowest BCUT2D eigenvalue weighted by molar-refractivity contribution is -1.02. The van der Waals surface area contributed by atoms with Crippen molar-refractivity contribution < 1.29 is 9.80 Å². The lowest BCUT2D eigenvalue weighted by atomic mass is 10.2. The molecule has 3 rings (SSSR count). The minimum absolute atomic E-state index is 1.06. The molecule has 4 nitrogen and oxygen atoms in total. The smallest absolute Gasteiger partial charge is 0.127 e. The highest BCUT2D eigenvalue weighted by atomic mass is 15.3. The first-order chi connectivity index (χ1) is 9.90. The van der Waals surface area contributed by atoms with Gasteiger partial charge in [-0.05, 0) is 18.2 Å². The van der Waals surface area contributed by atoms with Gasteiger partial charge in [0.25, 0.3) is 0 Å². The van der Waals surface area contributed by atoms with E-state index in [1.165, 1.54) is 37.4 Å². The Morgan fingerprint density at radius 2 is 1.65 bits per heavy atom. The lowest BCUT2D eigenvalue weighted by Gasteiger charge is -2.29. The van der Waals surface area contributed by atoms with Gasteiger partial charge in [-0.15, -0.1) is 0 Å². The number of quaternary nitrogens is 2. The Morgan fingerprint density at radius 3 is 2.30 bits per heavy atom. The second-order valence-corrected chi connectivity index (χ2v) is 5.54. The molecule has 3 heterocycles. The zero-order valence-electron chi connectivity index (χ0n) is 11.8. The van der Waals surface area contributed by atoms with Crippen LogP contribution in [-0.4, -0.2) is 36.1 Å². The van der Waals surface area contributed by atoms with Crippen molar-refractivity contribution in [2.24, 2.45) is 0 Å². The quantitative estimate of drug-likeness (QED) is 0.744. The highest BCUT2D eigenvalue weighted by Crippen LogP contribution is 1.92. The van der Waals surface area contributed by atoms with Crippen molar-refractivity contribution in [2.75, 3.05) is 26.2 Å². The van der Waals surface area contributed by atoms with Gasteiger partial charge < -0.3 is 9.80 Å². The molecule has 20 heavy (non-hydrogen) atoms. The molecule has 0 bridgehead atoms. The molecule has 1 aliphatic rings. The van der Waals surface area contributed by atoms with E-state index < -0.39 is 0 Å². The Kier molecular flexibility index (Phi) is 4.35. The minimum atomic E-state index is 1.06. The number of aromatic nitrogens is 2. The average molecular weight is 270 g/mol. The van der Waals surface area contributed by atoms with E-state index in [2.05, 4.69) is 28.2 Å². The molecule has 0 aliphatic carbocycles. The van der Waals surface area contributed by atoms with Crippen LogP contribution in [0.2, 0.25) is 0 Å². The third-order valence-corrected chi connectivity index (χ3v) is 4.00. The molecule has 2 N–H and O–H groups in total. The van der Waals surface area contributed by atoms with E-state index in [9.17, 15) is 0 Å². The number of hydrogen-bond donors (Lipinski definition) is 2. The van der Waals surface area contributed by atoms with Crippen molar-refractivity contribution in [3.8, 4) is 0 Å². The molecule has 1 saturated heterocycles. The van der Waals surface area contributed by atoms with Gasteiger partial charge in [-0.2, -0.15) is 0 Å². The monoisotopic (exact) mass is 270 g/mol. The SMILES string of the molecule is c1ccc(C[NH+]2CC[NH+](Cc3cccnc3)CC2)nc1. The van der Waals surface area contributed by atoms with Crippen molar-refractivity contribution in [3.05, 3.63) is 60.2 Å². The summed E-state index contributed by atoms with van der Waals surface area (Å²) in [5.41, 5.74) is 2.55.